The highest BCUT2D eigenvalue weighted by Crippen LogP contribution is 2.41. The van der Waals surface area contributed by atoms with Crippen molar-refractivity contribution < 1.29 is 13.9 Å². The molecule has 1 aromatic carbocycles. The maximum Gasteiger partial charge on any atom is 0.415 e. The third-order valence-electron chi connectivity index (χ3n) is 5.39. The Morgan fingerprint density at radius 3 is 2.75 bits per heavy atom. The van der Waals surface area contributed by atoms with Crippen LogP contribution in [0.25, 0.3) is 22.7 Å². The number of aryl methyl sites for hydroxylation is 1. The maximum atomic E-state index is 12.3. The van der Waals surface area contributed by atoms with E-state index in [1.807, 2.05) is 29.2 Å². The van der Waals surface area contributed by atoms with E-state index in [0.29, 0.717) is 17.5 Å². The van der Waals surface area contributed by atoms with Crippen LogP contribution in [0.5, 0.6) is 0 Å². The number of benzene rings is 1. The van der Waals surface area contributed by atoms with Crippen LogP contribution in [-0.4, -0.2) is 33.4 Å². The molecule has 0 bridgehead atoms. The first kappa shape index (κ1) is 16.9. The second kappa shape index (κ2) is 6.44. The molecular formula is C21H20N4O3. The van der Waals surface area contributed by atoms with Gasteiger partial charge in [0, 0.05) is 18.7 Å². The summed E-state index contributed by atoms with van der Waals surface area (Å²) in [5, 5.41) is 7.84. The number of hydrogen-bond acceptors (Lipinski definition) is 6. The predicted octanol–water partition coefficient (Wildman–Crippen LogP) is 4.16. The van der Waals surface area contributed by atoms with Crippen LogP contribution in [0, 0.1) is 6.92 Å². The number of cyclic esters (lactones) is 1. The average molecular weight is 376 g/mol. The van der Waals surface area contributed by atoms with Crippen LogP contribution in [0.3, 0.4) is 0 Å². The summed E-state index contributed by atoms with van der Waals surface area (Å²) < 4.78 is 11.0. The molecule has 7 nitrogen and oxygen atoms in total. The van der Waals surface area contributed by atoms with Crippen LogP contribution in [0.2, 0.25) is 0 Å². The van der Waals surface area contributed by atoms with Crippen molar-refractivity contribution in [1.82, 2.24) is 15.2 Å². The monoisotopic (exact) mass is 376 g/mol. The molecule has 1 amide bonds. The van der Waals surface area contributed by atoms with E-state index in [2.05, 4.69) is 28.2 Å². The smallest absolute Gasteiger partial charge is 0.415 e. The molecule has 5 rings (SSSR count). The molecule has 2 aliphatic heterocycles. The van der Waals surface area contributed by atoms with Crippen molar-refractivity contribution >= 4 is 11.8 Å². The van der Waals surface area contributed by atoms with Gasteiger partial charge in [-0.3, -0.25) is 9.88 Å². The van der Waals surface area contributed by atoms with Gasteiger partial charge < -0.3 is 9.15 Å². The first-order chi connectivity index (χ1) is 13.6. The van der Waals surface area contributed by atoms with E-state index in [9.17, 15) is 4.79 Å². The summed E-state index contributed by atoms with van der Waals surface area (Å²) in [4.78, 5) is 18.6. The molecule has 142 valence electrons. The van der Waals surface area contributed by atoms with Crippen molar-refractivity contribution in [3.63, 3.8) is 0 Å². The zero-order valence-electron chi connectivity index (χ0n) is 15.8. The number of carbonyl (C=O) groups excluding carboxylic acids is 1. The van der Waals surface area contributed by atoms with E-state index in [0.717, 1.165) is 36.1 Å². The minimum atomic E-state index is -0.226. The van der Waals surface area contributed by atoms with Crippen molar-refractivity contribution in [2.75, 3.05) is 4.90 Å². The standard InChI is InChI=1S/C21H20N4O3/c1-3-4-19-18-10-15-9-13(6-8-17(15)25(18)21(26)28-19)14-5-7-16(22-11-14)20-24-23-12(2)27-20/h5-9,11,18-19H,3-4,10H2,1-2H3. The first-order valence-corrected chi connectivity index (χ1v) is 9.53. The van der Waals surface area contributed by atoms with Gasteiger partial charge in [-0.25, -0.2) is 4.79 Å². The molecule has 4 heterocycles. The lowest BCUT2D eigenvalue weighted by atomic mass is 9.99. The van der Waals surface area contributed by atoms with Gasteiger partial charge in [-0.2, -0.15) is 0 Å². The molecule has 7 heteroatoms. The Balaban J connectivity index is 1.43. The van der Waals surface area contributed by atoms with Crippen LogP contribution >= 0.6 is 0 Å². The van der Waals surface area contributed by atoms with E-state index in [4.69, 9.17) is 9.15 Å². The van der Waals surface area contributed by atoms with Crippen molar-refractivity contribution in [1.29, 1.82) is 0 Å². The fraction of sp³-hybridized carbons (Fsp3) is 0.333. The molecule has 1 fully saturated rings. The molecule has 0 aliphatic carbocycles. The summed E-state index contributed by atoms with van der Waals surface area (Å²) in [6.07, 6.45) is 4.28. The third-order valence-corrected chi connectivity index (χ3v) is 5.39. The van der Waals surface area contributed by atoms with E-state index in [1.165, 1.54) is 5.56 Å². The van der Waals surface area contributed by atoms with E-state index in [-0.39, 0.29) is 18.2 Å². The molecule has 0 saturated carbocycles. The summed E-state index contributed by atoms with van der Waals surface area (Å²) in [6, 6.07) is 10.2. The van der Waals surface area contributed by atoms with Gasteiger partial charge in [0.1, 0.15) is 11.8 Å². The highest BCUT2D eigenvalue weighted by atomic mass is 16.6. The predicted molar refractivity (Wildman–Crippen MR) is 103 cm³/mol. The van der Waals surface area contributed by atoms with Crippen molar-refractivity contribution in [3.8, 4) is 22.7 Å². The number of aromatic nitrogens is 3. The van der Waals surface area contributed by atoms with Crippen molar-refractivity contribution in [3.05, 3.63) is 48.0 Å². The Labute approximate surface area is 162 Å². The van der Waals surface area contributed by atoms with Gasteiger partial charge in [0.25, 0.3) is 5.89 Å². The summed E-state index contributed by atoms with van der Waals surface area (Å²) in [6.45, 7) is 3.87. The van der Waals surface area contributed by atoms with E-state index in [1.54, 1.807) is 13.1 Å². The van der Waals surface area contributed by atoms with Gasteiger partial charge in [-0.15, -0.1) is 10.2 Å². The zero-order valence-corrected chi connectivity index (χ0v) is 15.8. The molecule has 0 spiro atoms. The van der Waals surface area contributed by atoms with Crippen LogP contribution in [0.4, 0.5) is 10.5 Å². The average Bonchev–Trinajstić information content (AvgIpc) is 3.38. The van der Waals surface area contributed by atoms with Gasteiger partial charge in [0.2, 0.25) is 5.89 Å². The Kier molecular flexibility index (Phi) is 3.89. The van der Waals surface area contributed by atoms with Gasteiger partial charge in [0.05, 0.1) is 11.7 Å². The Morgan fingerprint density at radius 1 is 1.18 bits per heavy atom. The molecule has 2 aliphatic rings. The first-order valence-electron chi connectivity index (χ1n) is 9.53. The van der Waals surface area contributed by atoms with Crippen molar-refractivity contribution in [2.45, 2.75) is 45.3 Å². The number of amides is 1. The Bertz CT molecular complexity index is 1040. The normalized spacial score (nSPS) is 20.2. The van der Waals surface area contributed by atoms with E-state index < -0.39 is 0 Å². The highest BCUT2D eigenvalue weighted by molar-refractivity contribution is 5.94. The summed E-state index contributed by atoms with van der Waals surface area (Å²) in [7, 11) is 0. The SMILES string of the molecule is CCCC1OC(=O)N2c3ccc(-c4ccc(-c5nnc(C)o5)nc4)cc3CC12. The molecule has 1 saturated heterocycles. The number of carbonyl (C=O) groups is 1. The number of rotatable bonds is 4. The Hall–Kier alpha value is -3.22. The molecule has 2 atom stereocenters. The van der Waals surface area contributed by atoms with Gasteiger partial charge in [0.15, 0.2) is 0 Å². The molecule has 0 N–H and O–H groups in total. The lowest BCUT2D eigenvalue weighted by molar-refractivity contribution is 0.125. The third kappa shape index (κ3) is 2.66. The zero-order chi connectivity index (χ0) is 19.3. The van der Waals surface area contributed by atoms with Gasteiger partial charge >= 0.3 is 6.09 Å². The van der Waals surface area contributed by atoms with Crippen molar-refractivity contribution in [2.24, 2.45) is 0 Å². The number of hydrogen-bond donors (Lipinski definition) is 0. The minimum Gasteiger partial charge on any atom is -0.444 e. The fourth-order valence-corrected chi connectivity index (χ4v) is 4.08. The molecule has 3 aromatic rings. The Morgan fingerprint density at radius 2 is 2.04 bits per heavy atom. The lowest BCUT2D eigenvalue weighted by Crippen LogP contribution is -2.33. The highest BCUT2D eigenvalue weighted by Gasteiger charge is 2.46. The van der Waals surface area contributed by atoms with Gasteiger partial charge in [-0.1, -0.05) is 25.5 Å². The summed E-state index contributed by atoms with van der Waals surface area (Å²) in [5.74, 6) is 0.930. The molecular weight excluding hydrogens is 356 g/mol. The van der Waals surface area contributed by atoms with E-state index >= 15 is 0 Å². The molecule has 28 heavy (non-hydrogen) atoms. The summed E-state index contributed by atoms with van der Waals surface area (Å²) >= 11 is 0. The molecule has 2 unspecified atom stereocenters. The minimum absolute atomic E-state index is 0.0211. The van der Waals surface area contributed by atoms with Crippen LogP contribution in [0.15, 0.2) is 40.9 Å². The molecule has 0 radical (unpaired) electrons. The topological polar surface area (TPSA) is 81.4 Å². The largest absolute Gasteiger partial charge is 0.444 e. The maximum absolute atomic E-state index is 12.3. The fourth-order valence-electron chi connectivity index (χ4n) is 4.08. The number of nitrogens with zero attached hydrogens (tertiary/aromatic N) is 4. The summed E-state index contributed by atoms with van der Waals surface area (Å²) in [5.41, 5.74) is 4.86. The lowest BCUT2D eigenvalue weighted by Gasteiger charge is -2.15. The molecule has 2 aromatic heterocycles. The quantitative estimate of drug-likeness (QED) is 0.680. The number of pyridine rings is 1. The second-order valence-corrected chi connectivity index (χ2v) is 7.25. The number of anilines is 1. The van der Waals surface area contributed by atoms with Crippen LogP contribution in [-0.2, 0) is 11.2 Å². The second-order valence-electron chi connectivity index (χ2n) is 7.25. The van der Waals surface area contributed by atoms with Crippen LogP contribution in [0.1, 0.15) is 31.2 Å². The van der Waals surface area contributed by atoms with Gasteiger partial charge in [-0.05, 0) is 42.2 Å². The number of ether oxygens (including phenoxy) is 1. The number of fused-ring (bicyclic) bond motifs is 3. The van der Waals surface area contributed by atoms with Crippen LogP contribution < -0.4 is 4.90 Å².